The van der Waals surface area contributed by atoms with E-state index in [0.717, 1.165) is 43.1 Å². The quantitative estimate of drug-likeness (QED) is 0.767. The summed E-state index contributed by atoms with van der Waals surface area (Å²) >= 11 is 0. The molecule has 0 radical (unpaired) electrons. The molecule has 2 saturated heterocycles. The van der Waals surface area contributed by atoms with Gasteiger partial charge in [0.2, 0.25) is 0 Å². The highest BCUT2D eigenvalue weighted by Crippen LogP contribution is 2.37. The van der Waals surface area contributed by atoms with Crippen LogP contribution in [0.2, 0.25) is 0 Å². The van der Waals surface area contributed by atoms with Crippen LogP contribution in [0, 0.1) is 0 Å². The summed E-state index contributed by atoms with van der Waals surface area (Å²) in [6.45, 7) is 7.30. The van der Waals surface area contributed by atoms with Crippen LogP contribution in [0.25, 0.3) is 11.3 Å². The molecule has 0 bridgehead atoms. The molecule has 2 aromatic rings. The Morgan fingerprint density at radius 1 is 0.964 bits per heavy atom. The minimum Gasteiger partial charge on any atom is -0.337 e. The normalized spacial score (nSPS) is 23.4. The van der Waals surface area contributed by atoms with E-state index in [-0.39, 0.29) is 11.4 Å². The van der Waals surface area contributed by atoms with Crippen molar-refractivity contribution in [3.05, 3.63) is 36.4 Å². The van der Waals surface area contributed by atoms with Crippen LogP contribution >= 0.6 is 0 Å². The summed E-state index contributed by atoms with van der Waals surface area (Å²) in [5.41, 5.74) is 1.66. The van der Waals surface area contributed by atoms with Crippen LogP contribution in [-0.2, 0) is 9.84 Å². The van der Waals surface area contributed by atoms with Gasteiger partial charge in [0, 0.05) is 25.2 Å². The van der Waals surface area contributed by atoms with Crippen LogP contribution in [0.1, 0.15) is 39.5 Å². The summed E-state index contributed by atoms with van der Waals surface area (Å²) < 4.78 is 23.9. The lowest BCUT2D eigenvalue weighted by molar-refractivity contribution is 0.144. The molecule has 6 nitrogen and oxygen atoms in total. The zero-order valence-electron chi connectivity index (χ0n) is 16.6. The second kappa shape index (κ2) is 7.44. The van der Waals surface area contributed by atoms with Gasteiger partial charge in [-0.1, -0.05) is 19.1 Å². The van der Waals surface area contributed by atoms with Gasteiger partial charge in [0.15, 0.2) is 15.7 Å². The molecular formula is C21H28N4O2S. The van der Waals surface area contributed by atoms with Gasteiger partial charge in [-0.15, -0.1) is 10.2 Å². The number of hydrogen-bond acceptors (Lipinski definition) is 6. The molecule has 0 amide bonds. The highest BCUT2D eigenvalue weighted by Gasteiger charge is 2.43. The fraction of sp³-hybridized carbons (Fsp3) is 0.524. The Hall–Kier alpha value is -1.99. The first-order valence-corrected chi connectivity index (χ1v) is 11.8. The molecule has 28 heavy (non-hydrogen) atoms. The van der Waals surface area contributed by atoms with Gasteiger partial charge < -0.3 is 4.90 Å². The van der Waals surface area contributed by atoms with Gasteiger partial charge >= 0.3 is 0 Å². The van der Waals surface area contributed by atoms with Crippen LogP contribution in [0.5, 0.6) is 0 Å². The second-order valence-corrected chi connectivity index (χ2v) is 10.1. The third kappa shape index (κ3) is 3.42. The first kappa shape index (κ1) is 19.3. The number of likely N-dealkylation sites (tertiary alicyclic amines) is 1. The van der Waals surface area contributed by atoms with Gasteiger partial charge in [-0.2, -0.15) is 0 Å². The maximum Gasteiger partial charge on any atom is 0.178 e. The van der Waals surface area contributed by atoms with E-state index in [9.17, 15) is 8.42 Å². The van der Waals surface area contributed by atoms with Crippen molar-refractivity contribution in [3.63, 3.8) is 0 Å². The lowest BCUT2D eigenvalue weighted by atomic mass is 10.1. The monoisotopic (exact) mass is 400 g/mol. The van der Waals surface area contributed by atoms with Gasteiger partial charge in [-0.05, 0) is 56.9 Å². The number of anilines is 1. The molecule has 2 fully saturated rings. The highest BCUT2D eigenvalue weighted by molar-refractivity contribution is 7.91. The first-order valence-electron chi connectivity index (χ1n) is 10.1. The van der Waals surface area contributed by atoms with Gasteiger partial charge in [0.05, 0.1) is 22.0 Å². The van der Waals surface area contributed by atoms with Gasteiger partial charge in [0.25, 0.3) is 0 Å². The van der Waals surface area contributed by atoms with Crippen molar-refractivity contribution in [2.24, 2.45) is 0 Å². The number of sulfone groups is 1. The second-order valence-electron chi connectivity index (χ2n) is 7.87. The fourth-order valence-electron chi connectivity index (χ4n) is 4.46. The Morgan fingerprint density at radius 3 is 2.29 bits per heavy atom. The van der Waals surface area contributed by atoms with Crippen molar-refractivity contribution in [1.29, 1.82) is 0 Å². The zero-order valence-corrected chi connectivity index (χ0v) is 17.5. The molecule has 3 heterocycles. The van der Waals surface area contributed by atoms with E-state index in [4.69, 9.17) is 0 Å². The lowest BCUT2D eigenvalue weighted by Crippen LogP contribution is -2.54. The van der Waals surface area contributed by atoms with E-state index in [1.807, 2.05) is 12.1 Å². The minimum atomic E-state index is -3.18. The molecule has 1 aromatic carbocycles. The van der Waals surface area contributed by atoms with E-state index in [0.29, 0.717) is 4.90 Å². The molecule has 0 saturated carbocycles. The van der Waals surface area contributed by atoms with Crippen molar-refractivity contribution in [2.75, 3.05) is 30.3 Å². The number of benzene rings is 1. The molecule has 0 N–H and O–H groups in total. The highest BCUT2D eigenvalue weighted by atomic mass is 32.2. The smallest absolute Gasteiger partial charge is 0.178 e. The summed E-state index contributed by atoms with van der Waals surface area (Å²) in [4.78, 5) is 5.33. The SMILES string of the molecule is CCS(=O)(=O)c1ccc(-c2ccc(N3CCCC3(C)N3CCCC3)nn2)cc1. The topological polar surface area (TPSA) is 66.4 Å². The lowest BCUT2D eigenvalue weighted by Gasteiger charge is -2.43. The maximum absolute atomic E-state index is 12.0. The Balaban J connectivity index is 1.55. The number of aromatic nitrogens is 2. The minimum absolute atomic E-state index is 0.0306. The van der Waals surface area contributed by atoms with E-state index < -0.39 is 9.84 Å². The summed E-state index contributed by atoms with van der Waals surface area (Å²) in [5.74, 6) is 1.02. The Bertz CT molecular complexity index is 922. The van der Waals surface area contributed by atoms with Crippen molar-refractivity contribution < 1.29 is 8.42 Å². The predicted molar refractivity (Wildman–Crippen MR) is 111 cm³/mol. The van der Waals surface area contributed by atoms with Gasteiger partial charge in [-0.25, -0.2) is 8.42 Å². The van der Waals surface area contributed by atoms with E-state index in [1.165, 1.54) is 19.3 Å². The molecule has 1 unspecified atom stereocenters. The molecule has 1 atom stereocenters. The molecular weight excluding hydrogens is 372 g/mol. The molecule has 0 spiro atoms. The predicted octanol–water partition coefficient (Wildman–Crippen LogP) is 3.35. The molecule has 7 heteroatoms. The summed E-state index contributed by atoms with van der Waals surface area (Å²) in [6, 6.07) is 10.9. The standard InChI is InChI=1S/C21H28N4O2S/c1-3-28(26,27)18-9-7-17(8-10-18)19-11-12-20(23-22-19)25-16-6-13-21(25,2)24-14-4-5-15-24/h7-12H,3-6,13-16H2,1-2H3. The molecule has 1 aromatic heterocycles. The zero-order chi connectivity index (χ0) is 19.8. The van der Waals surface area contributed by atoms with Gasteiger partial charge in [-0.3, -0.25) is 4.90 Å². The Morgan fingerprint density at radius 2 is 1.68 bits per heavy atom. The van der Waals surface area contributed by atoms with Crippen LogP contribution in [0.4, 0.5) is 5.82 Å². The first-order chi connectivity index (χ1) is 13.4. The van der Waals surface area contributed by atoms with E-state index in [2.05, 4.69) is 26.9 Å². The van der Waals surface area contributed by atoms with E-state index >= 15 is 0 Å². The average molecular weight is 401 g/mol. The van der Waals surface area contributed by atoms with Crippen molar-refractivity contribution in [1.82, 2.24) is 15.1 Å². The maximum atomic E-state index is 12.0. The summed E-state index contributed by atoms with van der Waals surface area (Å²) in [6.07, 6.45) is 4.88. The summed E-state index contributed by atoms with van der Waals surface area (Å²) in [7, 11) is -3.18. The average Bonchev–Trinajstić information content (AvgIpc) is 3.39. The van der Waals surface area contributed by atoms with Crippen LogP contribution in [0.3, 0.4) is 0 Å². The van der Waals surface area contributed by atoms with Crippen LogP contribution < -0.4 is 4.90 Å². The number of hydrogen-bond donors (Lipinski definition) is 0. The third-order valence-corrected chi connectivity index (χ3v) is 7.97. The van der Waals surface area contributed by atoms with Crippen LogP contribution in [0.15, 0.2) is 41.3 Å². The van der Waals surface area contributed by atoms with Crippen molar-refractivity contribution in [2.45, 2.75) is 50.1 Å². The Labute approximate surface area is 167 Å². The molecule has 0 aliphatic carbocycles. The van der Waals surface area contributed by atoms with Crippen molar-refractivity contribution in [3.8, 4) is 11.3 Å². The molecule has 2 aliphatic rings. The number of nitrogens with zero attached hydrogens (tertiary/aromatic N) is 4. The van der Waals surface area contributed by atoms with E-state index in [1.54, 1.807) is 31.2 Å². The number of rotatable bonds is 5. The Kier molecular flexibility index (Phi) is 5.14. The van der Waals surface area contributed by atoms with Crippen molar-refractivity contribution >= 4 is 15.7 Å². The molecule has 150 valence electrons. The third-order valence-electron chi connectivity index (χ3n) is 6.22. The van der Waals surface area contributed by atoms with Gasteiger partial charge in [0.1, 0.15) is 0 Å². The molecule has 4 rings (SSSR count). The molecule has 2 aliphatic heterocycles. The fourth-order valence-corrected chi connectivity index (χ4v) is 5.34. The largest absolute Gasteiger partial charge is 0.337 e. The van der Waals surface area contributed by atoms with Crippen LogP contribution in [-0.4, -0.2) is 54.6 Å². The summed E-state index contributed by atoms with van der Waals surface area (Å²) in [5, 5.41) is 8.96.